The van der Waals surface area contributed by atoms with Gasteiger partial charge in [0, 0.05) is 24.4 Å². The van der Waals surface area contributed by atoms with Crippen LogP contribution in [0.4, 0.5) is 0 Å². The molecule has 18 heavy (non-hydrogen) atoms. The predicted octanol–water partition coefficient (Wildman–Crippen LogP) is 1.64. The quantitative estimate of drug-likeness (QED) is 0.442. The molecular weight excluding hydrogens is 236 g/mol. The van der Waals surface area contributed by atoms with Gasteiger partial charge in [-0.05, 0) is 23.8 Å². The van der Waals surface area contributed by atoms with Crippen molar-refractivity contribution in [2.45, 2.75) is 32.7 Å². The number of hydrogen-bond donors (Lipinski definition) is 1. The van der Waals surface area contributed by atoms with Gasteiger partial charge in [0.2, 0.25) is 5.91 Å². The van der Waals surface area contributed by atoms with Crippen LogP contribution in [-0.4, -0.2) is 41.0 Å². The number of hydrogen-bond acceptors (Lipinski definition) is 3. The molecule has 1 saturated heterocycles. The Kier molecular flexibility index (Phi) is 4.97. The van der Waals surface area contributed by atoms with Crippen LogP contribution in [0.5, 0.6) is 0 Å². The molecule has 1 unspecified atom stereocenters. The van der Waals surface area contributed by atoms with Gasteiger partial charge in [-0.2, -0.15) is 0 Å². The average molecular weight is 254 g/mol. The van der Waals surface area contributed by atoms with Gasteiger partial charge in [0.25, 0.3) is 0 Å². The lowest BCUT2D eigenvalue weighted by atomic mass is 10.0. The summed E-state index contributed by atoms with van der Waals surface area (Å²) in [6.07, 6.45) is 0.705. The zero-order valence-electron chi connectivity index (χ0n) is 10.6. The van der Waals surface area contributed by atoms with E-state index in [-0.39, 0.29) is 30.7 Å². The largest absolute Gasteiger partial charge is 0.480 e. The summed E-state index contributed by atoms with van der Waals surface area (Å²) in [4.78, 5) is 27.1. The highest BCUT2D eigenvalue weighted by Gasteiger charge is 2.37. The van der Waals surface area contributed by atoms with Crippen molar-refractivity contribution in [1.82, 2.24) is 4.90 Å². The smallest absolute Gasteiger partial charge is 0.326 e. The second-order valence-electron chi connectivity index (χ2n) is 5.01. The maximum absolute atomic E-state index is 11.8. The van der Waals surface area contributed by atoms with Crippen LogP contribution in [0.25, 0.3) is 10.4 Å². The van der Waals surface area contributed by atoms with E-state index in [0.717, 1.165) is 0 Å². The van der Waals surface area contributed by atoms with E-state index in [1.807, 2.05) is 13.8 Å². The Balaban J connectivity index is 2.71. The Morgan fingerprint density at radius 2 is 2.33 bits per heavy atom. The fourth-order valence-corrected chi connectivity index (χ4v) is 2.19. The maximum Gasteiger partial charge on any atom is 0.326 e. The van der Waals surface area contributed by atoms with Crippen molar-refractivity contribution in [3.63, 3.8) is 0 Å². The first-order chi connectivity index (χ1) is 8.45. The molecule has 7 nitrogen and oxygen atoms in total. The monoisotopic (exact) mass is 254 g/mol. The Morgan fingerprint density at radius 1 is 1.67 bits per heavy atom. The number of aliphatic carboxylic acids is 1. The zero-order valence-corrected chi connectivity index (χ0v) is 10.6. The van der Waals surface area contributed by atoms with E-state index in [9.17, 15) is 14.7 Å². The summed E-state index contributed by atoms with van der Waals surface area (Å²) in [5, 5.41) is 12.6. The van der Waals surface area contributed by atoms with E-state index >= 15 is 0 Å². The molecule has 100 valence electrons. The number of carboxylic acids is 1. The van der Waals surface area contributed by atoms with E-state index in [4.69, 9.17) is 5.53 Å². The third-order valence-corrected chi connectivity index (χ3v) is 3.00. The van der Waals surface area contributed by atoms with Crippen molar-refractivity contribution in [2.24, 2.45) is 17.0 Å². The number of azide groups is 1. The molecule has 0 aliphatic carbocycles. The van der Waals surface area contributed by atoms with Crippen LogP contribution in [-0.2, 0) is 9.59 Å². The van der Waals surface area contributed by atoms with Crippen LogP contribution in [0.1, 0.15) is 26.7 Å². The third-order valence-electron chi connectivity index (χ3n) is 3.00. The zero-order chi connectivity index (χ0) is 13.7. The molecule has 0 aromatic rings. The van der Waals surface area contributed by atoms with Crippen molar-refractivity contribution >= 4 is 11.9 Å². The van der Waals surface area contributed by atoms with E-state index in [1.54, 1.807) is 0 Å². The molecule has 1 aliphatic rings. The number of carbonyl (C=O) groups excluding carboxylic acids is 1. The van der Waals surface area contributed by atoms with Crippen molar-refractivity contribution in [3.8, 4) is 0 Å². The number of carboxylic acid groups (broad SMARTS) is 1. The van der Waals surface area contributed by atoms with Gasteiger partial charge < -0.3 is 10.0 Å². The highest BCUT2D eigenvalue weighted by atomic mass is 16.4. The topological polar surface area (TPSA) is 106 Å². The van der Waals surface area contributed by atoms with Crippen LogP contribution < -0.4 is 0 Å². The summed E-state index contributed by atoms with van der Waals surface area (Å²) >= 11 is 0. The minimum Gasteiger partial charge on any atom is -0.480 e. The molecule has 1 amide bonds. The van der Waals surface area contributed by atoms with Gasteiger partial charge >= 0.3 is 5.97 Å². The Morgan fingerprint density at radius 3 is 2.83 bits per heavy atom. The van der Waals surface area contributed by atoms with E-state index in [0.29, 0.717) is 13.0 Å². The van der Waals surface area contributed by atoms with Crippen molar-refractivity contribution in [2.75, 3.05) is 13.1 Å². The lowest BCUT2D eigenvalue weighted by Crippen LogP contribution is -2.43. The Labute approximate surface area is 105 Å². The van der Waals surface area contributed by atoms with E-state index < -0.39 is 12.0 Å². The highest BCUT2D eigenvalue weighted by molar-refractivity contribution is 5.85. The van der Waals surface area contributed by atoms with Crippen LogP contribution in [0.15, 0.2) is 5.11 Å². The molecule has 7 heteroatoms. The number of likely N-dealkylation sites (tertiary alicyclic amines) is 1. The van der Waals surface area contributed by atoms with Gasteiger partial charge in [-0.25, -0.2) is 4.79 Å². The molecule has 1 fully saturated rings. The molecule has 0 spiro atoms. The molecule has 1 rings (SSSR count). The SMILES string of the molecule is CC(C)C[C@@H](C(=O)O)N1CC(CN=[N+]=[N-])CC1=O. The van der Waals surface area contributed by atoms with Crippen molar-refractivity contribution in [1.29, 1.82) is 0 Å². The van der Waals surface area contributed by atoms with Gasteiger partial charge in [-0.15, -0.1) is 0 Å². The molecule has 0 saturated carbocycles. The number of amides is 1. The second kappa shape index (κ2) is 6.26. The lowest BCUT2D eigenvalue weighted by Gasteiger charge is -2.26. The standard InChI is InChI=1S/C11H18N4O3/c1-7(2)3-9(11(17)18)15-6-8(4-10(15)16)5-13-14-12/h7-9H,3-6H2,1-2H3,(H,17,18)/t8?,9-/m0/s1. The molecule has 1 aliphatic heterocycles. The first-order valence-corrected chi connectivity index (χ1v) is 5.98. The van der Waals surface area contributed by atoms with Gasteiger partial charge in [0.1, 0.15) is 6.04 Å². The third kappa shape index (κ3) is 3.63. The van der Waals surface area contributed by atoms with E-state index in [2.05, 4.69) is 10.0 Å². The normalized spacial score (nSPS) is 20.9. The second-order valence-corrected chi connectivity index (χ2v) is 5.01. The molecule has 0 aromatic heterocycles. The van der Waals surface area contributed by atoms with Gasteiger partial charge in [0.15, 0.2) is 0 Å². The first-order valence-electron chi connectivity index (χ1n) is 5.98. The molecule has 1 N–H and O–H groups in total. The molecule has 0 aromatic carbocycles. The van der Waals surface area contributed by atoms with Crippen LogP contribution >= 0.6 is 0 Å². The van der Waals surface area contributed by atoms with E-state index in [1.165, 1.54) is 4.90 Å². The molecule has 0 radical (unpaired) electrons. The minimum absolute atomic E-state index is 0.0672. The van der Waals surface area contributed by atoms with Crippen molar-refractivity contribution < 1.29 is 14.7 Å². The number of carbonyl (C=O) groups is 2. The fraction of sp³-hybridized carbons (Fsp3) is 0.818. The van der Waals surface area contributed by atoms with Gasteiger partial charge in [-0.3, -0.25) is 4.79 Å². The van der Waals surface area contributed by atoms with Crippen LogP contribution in [0.2, 0.25) is 0 Å². The summed E-state index contributed by atoms with van der Waals surface area (Å²) in [7, 11) is 0. The number of nitrogens with zero attached hydrogens (tertiary/aromatic N) is 4. The molecule has 0 bridgehead atoms. The molecule has 1 heterocycles. The minimum atomic E-state index is -0.971. The summed E-state index contributed by atoms with van der Waals surface area (Å²) < 4.78 is 0. The Hall–Kier alpha value is -1.75. The fourth-order valence-electron chi connectivity index (χ4n) is 2.19. The molecule has 2 atom stereocenters. The Bertz CT molecular complexity index is 376. The summed E-state index contributed by atoms with van der Waals surface area (Å²) in [6, 6.07) is -0.770. The van der Waals surface area contributed by atoms with Gasteiger partial charge in [0.05, 0.1) is 0 Å². The summed E-state index contributed by atoms with van der Waals surface area (Å²) in [5.41, 5.74) is 8.24. The number of rotatable bonds is 6. The first kappa shape index (κ1) is 14.3. The van der Waals surface area contributed by atoms with Crippen LogP contribution in [0.3, 0.4) is 0 Å². The van der Waals surface area contributed by atoms with Gasteiger partial charge in [-0.1, -0.05) is 19.0 Å². The summed E-state index contributed by atoms with van der Waals surface area (Å²) in [5.74, 6) is -1.000. The molecular formula is C11H18N4O3. The predicted molar refractivity (Wildman–Crippen MR) is 64.7 cm³/mol. The van der Waals surface area contributed by atoms with Crippen molar-refractivity contribution in [3.05, 3.63) is 10.4 Å². The maximum atomic E-state index is 11.8. The highest BCUT2D eigenvalue weighted by Crippen LogP contribution is 2.23. The lowest BCUT2D eigenvalue weighted by molar-refractivity contribution is -0.149. The van der Waals surface area contributed by atoms with Crippen LogP contribution in [0, 0.1) is 11.8 Å². The average Bonchev–Trinajstić information content (AvgIpc) is 2.64. The summed E-state index contributed by atoms with van der Waals surface area (Å²) in [6.45, 7) is 4.45.